The molecule has 4 rings (SSSR count). The summed E-state index contributed by atoms with van der Waals surface area (Å²) in [7, 11) is 0. The smallest absolute Gasteiger partial charge is 0.220 e. The van der Waals surface area contributed by atoms with Gasteiger partial charge in [0.1, 0.15) is 11.5 Å². The second kappa shape index (κ2) is 6.88. The maximum atomic E-state index is 10.4. The van der Waals surface area contributed by atoms with Gasteiger partial charge in [0.05, 0.1) is 23.6 Å². The Morgan fingerprint density at radius 1 is 1.24 bits per heavy atom. The Balaban J connectivity index is 1.69. The molecule has 2 heterocycles. The highest BCUT2D eigenvalue weighted by Gasteiger charge is 2.24. The highest BCUT2D eigenvalue weighted by molar-refractivity contribution is 5.74. The minimum Gasteiger partial charge on any atom is -0.507 e. The number of hydrogen-bond donors (Lipinski definition) is 3. The maximum Gasteiger partial charge on any atom is 0.220 e. The van der Waals surface area contributed by atoms with E-state index in [0.29, 0.717) is 35.4 Å². The molecule has 132 valence electrons. The summed E-state index contributed by atoms with van der Waals surface area (Å²) in [5.74, 6) is 1.99. The molecule has 0 spiro atoms. The van der Waals surface area contributed by atoms with Crippen molar-refractivity contribution >= 4 is 5.95 Å². The molecule has 1 aliphatic carbocycles. The van der Waals surface area contributed by atoms with Crippen molar-refractivity contribution in [2.45, 2.75) is 31.6 Å². The number of aromatic nitrogens is 2. The van der Waals surface area contributed by atoms with Gasteiger partial charge in [0.15, 0.2) is 0 Å². The van der Waals surface area contributed by atoms with Gasteiger partial charge < -0.3 is 20.9 Å². The van der Waals surface area contributed by atoms with E-state index in [1.165, 1.54) is 12.8 Å². The van der Waals surface area contributed by atoms with E-state index in [9.17, 15) is 5.11 Å². The number of ether oxygens (including phenoxy) is 1. The van der Waals surface area contributed by atoms with Crippen LogP contribution in [-0.2, 0) is 0 Å². The fraction of sp³-hybridized carbons (Fsp3) is 0.474. The molecule has 2 fully saturated rings. The maximum absolute atomic E-state index is 10.4. The lowest BCUT2D eigenvalue weighted by Gasteiger charge is -2.23. The number of hydrogen-bond acceptors (Lipinski definition) is 6. The van der Waals surface area contributed by atoms with Gasteiger partial charge in [-0.2, -0.15) is 0 Å². The third kappa shape index (κ3) is 3.69. The molecule has 2 aromatic rings. The van der Waals surface area contributed by atoms with Gasteiger partial charge in [0.25, 0.3) is 0 Å². The predicted molar refractivity (Wildman–Crippen MR) is 96.6 cm³/mol. The second-order valence-electron chi connectivity index (χ2n) is 6.98. The minimum absolute atomic E-state index is 0.152. The van der Waals surface area contributed by atoms with Crippen LogP contribution in [0.15, 0.2) is 24.3 Å². The van der Waals surface area contributed by atoms with E-state index < -0.39 is 0 Å². The molecule has 6 heteroatoms. The summed E-state index contributed by atoms with van der Waals surface area (Å²) in [6.07, 6.45) is 4.63. The first-order valence-corrected chi connectivity index (χ1v) is 9.01. The SMILES string of the molecule is Nc1nc(-c2c(O)cccc2OCC2CC2)cc(C2CCCNC2)n1. The topological polar surface area (TPSA) is 93.3 Å². The normalized spacial score (nSPS) is 20.4. The van der Waals surface area contributed by atoms with Gasteiger partial charge in [-0.05, 0) is 56.3 Å². The molecular weight excluding hydrogens is 316 g/mol. The van der Waals surface area contributed by atoms with E-state index in [2.05, 4.69) is 15.3 Å². The molecule has 1 aliphatic heterocycles. The zero-order valence-electron chi connectivity index (χ0n) is 14.2. The third-order valence-electron chi connectivity index (χ3n) is 4.91. The number of piperidine rings is 1. The van der Waals surface area contributed by atoms with E-state index in [0.717, 1.165) is 31.6 Å². The number of nitrogens with two attached hydrogens (primary N) is 1. The first kappa shape index (κ1) is 16.1. The Morgan fingerprint density at radius 3 is 2.88 bits per heavy atom. The molecule has 25 heavy (non-hydrogen) atoms. The van der Waals surface area contributed by atoms with Gasteiger partial charge in [0, 0.05) is 12.5 Å². The number of phenols is 1. The quantitative estimate of drug-likeness (QED) is 0.775. The van der Waals surface area contributed by atoms with Crippen molar-refractivity contribution in [3.63, 3.8) is 0 Å². The lowest BCUT2D eigenvalue weighted by atomic mass is 9.95. The fourth-order valence-corrected chi connectivity index (χ4v) is 3.32. The Bertz CT molecular complexity index is 755. The Hall–Kier alpha value is -2.34. The summed E-state index contributed by atoms with van der Waals surface area (Å²) in [5, 5.41) is 13.8. The van der Waals surface area contributed by atoms with E-state index in [1.54, 1.807) is 12.1 Å². The molecule has 0 radical (unpaired) electrons. The highest BCUT2D eigenvalue weighted by atomic mass is 16.5. The highest BCUT2D eigenvalue weighted by Crippen LogP contribution is 2.39. The van der Waals surface area contributed by atoms with Gasteiger partial charge in [-0.1, -0.05) is 6.07 Å². The van der Waals surface area contributed by atoms with Gasteiger partial charge in [-0.15, -0.1) is 0 Å². The van der Waals surface area contributed by atoms with E-state index in [4.69, 9.17) is 10.5 Å². The number of nitrogen functional groups attached to an aromatic ring is 1. The molecule has 1 saturated carbocycles. The number of phenolic OH excluding ortho intramolecular Hbond substituents is 1. The van der Waals surface area contributed by atoms with Crippen molar-refractivity contribution in [2.75, 3.05) is 25.4 Å². The van der Waals surface area contributed by atoms with Crippen molar-refractivity contribution in [2.24, 2.45) is 5.92 Å². The van der Waals surface area contributed by atoms with Crippen molar-refractivity contribution in [1.82, 2.24) is 15.3 Å². The van der Waals surface area contributed by atoms with Gasteiger partial charge in [-0.3, -0.25) is 0 Å². The molecule has 1 saturated heterocycles. The van der Waals surface area contributed by atoms with Crippen molar-refractivity contribution in [1.29, 1.82) is 0 Å². The number of nitrogens with zero attached hydrogens (tertiary/aromatic N) is 2. The van der Waals surface area contributed by atoms with Crippen LogP contribution in [-0.4, -0.2) is 34.8 Å². The van der Waals surface area contributed by atoms with Crippen molar-refractivity contribution in [3.05, 3.63) is 30.0 Å². The standard InChI is InChI=1S/C19H24N4O2/c20-19-22-14(13-3-2-8-21-10-13)9-15(23-19)18-16(24)4-1-5-17(18)25-11-12-6-7-12/h1,4-5,9,12-13,21,24H,2-3,6-8,10-11H2,(H2,20,22,23). The molecule has 1 unspecified atom stereocenters. The van der Waals surface area contributed by atoms with E-state index in [1.807, 2.05) is 12.1 Å². The molecule has 2 aliphatic rings. The molecule has 1 atom stereocenters. The number of anilines is 1. The summed E-state index contributed by atoms with van der Waals surface area (Å²) in [5.41, 5.74) is 8.11. The third-order valence-corrected chi connectivity index (χ3v) is 4.91. The Labute approximate surface area is 147 Å². The minimum atomic E-state index is 0.152. The molecule has 6 nitrogen and oxygen atoms in total. The van der Waals surface area contributed by atoms with Crippen LogP contribution < -0.4 is 15.8 Å². The van der Waals surface area contributed by atoms with Crippen LogP contribution in [0.3, 0.4) is 0 Å². The van der Waals surface area contributed by atoms with Crippen LogP contribution >= 0.6 is 0 Å². The molecule has 4 N–H and O–H groups in total. The Morgan fingerprint density at radius 2 is 2.12 bits per heavy atom. The number of aromatic hydroxyl groups is 1. The van der Waals surface area contributed by atoms with Gasteiger partial charge in [0.2, 0.25) is 5.95 Å². The summed E-state index contributed by atoms with van der Waals surface area (Å²) >= 11 is 0. The van der Waals surface area contributed by atoms with Crippen LogP contribution in [0.5, 0.6) is 11.5 Å². The summed E-state index contributed by atoms with van der Waals surface area (Å²) < 4.78 is 5.95. The van der Waals surface area contributed by atoms with E-state index in [-0.39, 0.29) is 11.7 Å². The number of rotatable bonds is 5. The Kier molecular flexibility index (Phi) is 4.44. The summed E-state index contributed by atoms with van der Waals surface area (Å²) in [6, 6.07) is 7.25. The lowest BCUT2D eigenvalue weighted by molar-refractivity contribution is 0.299. The summed E-state index contributed by atoms with van der Waals surface area (Å²) in [4.78, 5) is 8.80. The van der Waals surface area contributed by atoms with Crippen LogP contribution in [0.2, 0.25) is 0 Å². The number of nitrogens with one attached hydrogen (secondary N) is 1. The molecule has 1 aromatic carbocycles. The zero-order valence-corrected chi connectivity index (χ0v) is 14.2. The fourth-order valence-electron chi connectivity index (χ4n) is 3.32. The largest absolute Gasteiger partial charge is 0.507 e. The predicted octanol–water partition coefficient (Wildman–Crippen LogP) is 2.69. The molecule has 0 bridgehead atoms. The monoisotopic (exact) mass is 340 g/mol. The van der Waals surface area contributed by atoms with Crippen molar-refractivity contribution < 1.29 is 9.84 Å². The van der Waals surface area contributed by atoms with Crippen LogP contribution in [0.1, 0.15) is 37.3 Å². The van der Waals surface area contributed by atoms with Crippen LogP contribution in [0.25, 0.3) is 11.3 Å². The average Bonchev–Trinajstić information content (AvgIpc) is 3.44. The number of benzene rings is 1. The molecular formula is C19H24N4O2. The summed E-state index contributed by atoms with van der Waals surface area (Å²) in [6.45, 7) is 2.61. The first-order valence-electron chi connectivity index (χ1n) is 9.01. The van der Waals surface area contributed by atoms with Crippen LogP contribution in [0.4, 0.5) is 5.95 Å². The van der Waals surface area contributed by atoms with Crippen molar-refractivity contribution in [3.8, 4) is 22.8 Å². The molecule has 0 amide bonds. The average molecular weight is 340 g/mol. The van der Waals surface area contributed by atoms with Crippen LogP contribution in [0, 0.1) is 5.92 Å². The van der Waals surface area contributed by atoms with E-state index >= 15 is 0 Å². The molecule has 1 aromatic heterocycles. The van der Waals surface area contributed by atoms with Gasteiger partial charge >= 0.3 is 0 Å². The second-order valence-corrected chi connectivity index (χ2v) is 6.98. The van der Waals surface area contributed by atoms with Gasteiger partial charge in [-0.25, -0.2) is 9.97 Å². The zero-order chi connectivity index (χ0) is 17.2. The lowest BCUT2D eigenvalue weighted by Crippen LogP contribution is -2.29. The first-order chi connectivity index (χ1) is 12.2.